The molecule has 1 saturated carbocycles. The molecule has 1 fully saturated rings. The lowest BCUT2D eigenvalue weighted by atomic mass is 9.81. The maximum Gasteiger partial charge on any atom is 0.178 e. The fourth-order valence-corrected chi connectivity index (χ4v) is 5.06. The molecule has 4 N–H and O–H groups in total. The van der Waals surface area contributed by atoms with Crippen LogP contribution in [0.4, 0.5) is 10.2 Å². The second kappa shape index (κ2) is 9.62. The first-order valence-corrected chi connectivity index (χ1v) is 11.5. The van der Waals surface area contributed by atoms with Crippen LogP contribution in [0.25, 0.3) is 11.2 Å². The standard InChI is InChI=1S/C25H28FN7/c26-19-12-18(14-28-15-19)21(22-13-23(27)30-25-24(22)31-33-32-25)10-11-29-20-8-6-17(7-9-20)16-4-2-1-3-5-16/h1-5,12-15,17,20-21,29H,6-11H2,(H3,27,30,31,32,33). The number of anilines is 1. The molecule has 3 aromatic heterocycles. The van der Waals surface area contributed by atoms with Gasteiger partial charge in [-0.05, 0) is 73.4 Å². The van der Waals surface area contributed by atoms with Gasteiger partial charge in [0.05, 0.1) is 6.20 Å². The Morgan fingerprint density at radius 1 is 1.09 bits per heavy atom. The van der Waals surface area contributed by atoms with Gasteiger partial charge < -0.3 is 11.1 Å². The van der Waals surface area contributed by atoms with Crippen LogP contribution >= 0.6 is 0 Å². The number of hydrogen-bond donors (Lipinski definition) is 3. The second-order valence-corrected chi connectivity index (χ2v) is 8.84. The lowest BCUT2D eigenvalue weighted by molar-refractivity contribution is 0.340. The van der Waals surface area contributed by atoms with Crippen LogP contribution in [0.5, 0.6) is 0 Å². The zero-order valence-electron chi connectivity index (χ0n) is 18.4. The third-order valence-electron chi connectivity index (χ3n) is 6.72. The van der Waals surface area contributed by atoms with Crippen molar-refractivity contribution in [2.24, 2.45) is 0 Å². The van der Waals surface area contributed by atoms with Crippen LogP contribution in [0, 0.1) is 5.82 Å². The predicted octanol–water partition coefficient (Wildman–Crippen LogP) is 4.31. The monoisotopic (exact) mass is 445 g/mol. The molecule has 0 saturated heterocycles. The van der Waals surface area contributed by atoms with Crippen molar-refractivity contribution in [3.63, 3.8) is 0 Å². The van der Waals surface area contributed by atoms with Gasteiger partial charge >= 0.3 is 0 Å². The number of rotatable bonds is 7. The van der Waals surface area contributed by atoms with Crippen LogP contribution in [0.1, 0.15) is 60.6 Å². The molecule has 4 aromatic rings. The summed E-state index contributed by atoms with van der Waals surface area (Å²) in [5, 5.41) is 14.6. The normalized spacial score (nSPS) is 19.5. The van der Waals surface area contributed by atoms with Crippen LogP contribution in [0.3, 0.4) is 0 Å². The molecule has 1 aliphatic carbocycles. The number of benzene rings is 1. The Balaban J connectivity index is 1.28. The van der Waals surface area contributed by atoms with E-state index in [9.17, 15) is 4.39 Å². The number of aromatic amines is 1. The molecule has 0 bridgehead atoms. The van der Waals surface area contributed by atoms with E-state index >= 15 is 0 Å². The van der Waals surface area contributed by atoms with Gasteiger partial charge in [-0.1, -0.05) is 35.5 Å². The molecular formula is C25H28FN7. The Morgan fingerprint density at radius 3 is 2.70 bits per heavy atom. The Labute approximate surface area is 192 Å². The molecule has 1 atom stereocenters. The maximum atomic E-state index is 14.0. The third-order valence-corrected chi connectivity index (χ3v) is 6.72. The number of fused-ring (bicyclic) bond motifs is 1. The zero-order chi connectivity index (χ0) is 22.6. The number of hydrogen-bond acceptors (Lipinski definition) is 6. The molecule has 170 valence electrons. The molecule has 0 spiro atoms. The van der Waals surface area contributed by atoms with E-state index in [1.165, 1.54) is 30.7 Å². The molecule has 7 nitrogen and oxygen atoms in total. The number of nitrogen functional groups attached to an aromatic ring is 1. The van der Waals surface area contributed by atoms with Gasteiger partial charge in [0, 0.05) is 18.2 Å². The molecule has 33 heavy (non-hydrogen) atoms. The van der Waals surface area contributed by atoms with Crippen LogP contribution in [-0.4, -0.2) is 38.0 Å². The fraction of sp³-hybridized carbons (Fsp3) is 0.360. The van der Waals surface area contributed by atoms with Crippen LogP contribution in [0.2, 0.25) is 0 Å². The number of nitrogens with one attached hydrogen (secondary N) is 2. The predicted molar refractivity (Wildman–Crippen MR) is 126 cm³/mol. The van der Waals surface area contributed by atoms with Crippen molar-refractivity contribution in [2.75, 3.05) is 12.3 Å². The van der Waals surface area contributed by atoms with Crippen molar-refractivity contribution >= 4 is 17.0 Å². The van der Waals surface area contributed by atoms with Crippen molar-refractivity contribution in [2.45, 2.75) is 50.0 Å². The van der Waals surface area contributed by atoms with Crippen LogP contribution in [-0.2, 0) is 0 Å². The van der Waals surface area contributed by atoms with Gasteiger partial charge in [-0.3, -0.25) is 4.98 Å². The van der Waals surface area contributed by atoms with Gasteiger partial charge in [0.15, 0.2) is 5.65 Å². The maximum absolute atomic E-state index is 14.0. The Morgan fingerprint density at radius 2 is 1.91 bits per heavy atom. The van der Waals surface area contributed by atoms with E-state index < -0.39 is 0 Å². The zero-order valence-corrected chi connectivity index (χ0v) is 18.4. The topological polar surface area (TPSA) is 105 Å². The van der Waals surface area contributed by atoms with Gasteiger partial charge in [0.1, 0.15) is 17.2 Å². The number of nitrogens with two attached hydrogens (primary N) is 1. The first kappa shape index (κ1) is 21.5. The van der Waals surface area contributed by atoms with Gasteiger partial charge in [-0.15, -0.1) is 5.10 Å². The number of halogens is 1. The molecule has 0 aliphatic heterocycles. The first-order valence-electron chi connectivity index (χ1n) is 11.5. The molecule has 1 aromatic carbocycles. The summed E-state index contributed by atoms with van der Waals surface area (Å²) in [5.74, 6) is 0.545. The fourth-order valence-electron chi connectivity index (χ4n) is 5.06. The highest BCUT2D eigenvalue weighted by molar-refractivity contribution is 5.77. The summed E-state index contributed by atoms with van der Waals surface area (Å²) in [4.78, 5) is 8.34. The van der Waals surface area contributed by atoms with Crippen LogP contribution < -0.4 is 11.1 Å². The largest absolute Gasteiger partial charge is 0.384 e. The molecule has 3 heterocycles. The number of nitrogens with zero attached hydrogens (tertiary/aromatic N) is 4. The minimum absolute atomic E-state index is 0.126. The summed E-state index contributed by atoms with van der Waals surface area (Å²) < 4.78 is 14.0. The van der Waals surface area contributed by atoms with Crippen molar-refractivity contribution < 1.29 is 4.39 Å². The first-order chi connectivity index (χ1) is 16.2. The summed E-state index contributed by atoms with van der Waals surface area (Å²) in [5.41, 5.74) is 10.4. The van der Waals surface area contributed by atoms with Crippen molar-refractivity contribution in [1.29, 1.82) is 0 Å². The third kappa shape index (κ3) is 4.85. The summed E-state index contributed by atoms with van der Waals surface area (Å²) in [6.07, 6.45) is 8.38. The highest BCUT2D eigenvalue weighted by Crippen LogP contribution is 2.34. The number of H-pyrrole nitrogens is 1. The lowest BCUT2D eigenvalue weighted by Gasteiger charge is -2.30. The van der Waals surface area contributed by atoms with Gasteiger partial charge in [-0.25, -0.2) is 14.5 Å². The van der Waals surface area contributed by atoms with Gasteiger partial charge in [0.25, 0.3) is 0 Å². The molecule has 1 aliphatic rings. The van der Waals surface area contributed by atoms with E-state index in [2.05, 4.69) is 61.0 Å². The SMILES string of the molecule is Nc1cc(C(CCNC2CCC(c3ccccc3)CC2)c2cncc(F)c2)c2nn[nH]c2n1. The Bertz CT molecular complexity index is 1200. The lowest BCUT2D eigenvalue weighted by Crippen LogP contribution is -2.34. The smallest absolute Gasteiger partial charge is 0.178 e. The molecule has 5 rings (SSSR count). The van der Waals surface area contributed by atoms with Crippen molar-refractivity contribution in [3.05, 3.63) is 77.4 Å². The van der Waals surface area contributed by atoms with E-state index in [0.29, 0.717) is 28.9 Å². The minimum Gasteiger partial charge on any atom is -0.384 e. The average Bonchev–Trinajstić information content (AvgIpc) is 3.31. The number of pyridine rings is 2. The van der Waals surface area contributed by atoms with E-state index in [-0.39, 0.29) is 11.7 Å². The van der Waals surface area contributed by atoms with Crippen molar-refractivity contribution in [1.82, 2.24) is 30.7 Å². The highest BCUT2D eigenvalue weighted by Gasteiger charge is 2.24. The number of aromatic nitrogens is 5. The molecule has 0 amide bonds. The molecular weight excluding hydrogens is 417 g/mol. The van der Waals surface area contributed by atoms with Gasteiger partial charge in [-0.2, -0.15) is 0 Å². The summed E-state index contributed by atoms with van der Waals surface area (Å²) in [6.45, 7) is 0.795. The molecule has 8 heteroatoms. The highest BCUT2D eigenvalue weighted by atomic mass is 19.1. The summed E-state index contributed by atoms with van der Waals surface area (Å²) >= 11 is 0. The van der Waals surface area contributed by atoms with Gasteiger partial charge in [0.2, 0.25) is 0 Å². The van der Waals surface area contributed by atoms with Crippen LogP contribution in [0.15, 0.2) is 54.9 Å². The molecule has 0 radical (unpaired) electrons. The second-order valence-electron chi connectivity index (χ2n) is 8.84. The van der Waals surface area contributed by atoms with E-state index in [1.807, 2.05) is 6.07 Å². The molecule has 1 unspecified atom stereocenters. The summed E-state index contributed by atoms with van der Waals surface area (Å²) in [6, 6.07) is 14.6. The van der Waals surface area contributed by atoms with E-state index in [0.717, 1.165) is 36.9 Å². The Hall–Kier alpha value is -3.39. The average molecular weight is 446 g/mol. The summed E-state index contributed by atoms with van der Waals surface area (Å²) in [7, 11) is 0. The van der Waals surface area contributed by atoms with E-state index in [4.69, 9.17) is 5.73 Å². The quantitative estimate of drug-likeness (QED) is 0.392. The Kier molecular flexibility index (Phi) is 6.26. The van der Waals surface area contributed by atoms with E-state index in [1.54, 1.807) is 6.20 Å². The van der Waals surface area contributed by atoms with Crippen molar-refractivity contribution in [3.8, 4) is 0 Å². The minimum atomic E-state index is -0.358.